The van der Waals surface area contributed by atoms with E-state index in [2.05, 4.69) is 22.0 Å². The molecule has 0 N–H and O–H groups in total. The zero-order valence-corrected chi connectivity index (χ0v) is 9.27. The number of aromatic nitrogens is 2. The highest BCUT2D eigenvalue weighted by Crippen LogP contribution is 2.28. The standard InChI is InChI=1S/C8H12ClN3S/c1-5-3-12(4-7(5)9)8-11-10-6(2)13-8/h5,7H,3-4H2,1-2H3. The van der Waals surface area contributed by atoms with Crippen molar-refractivity contribution >= 4 is 28.1 Å². The summed E-state index contributed by atoms with van der Waals surface area (Å²) in [7, 11) is 0. The molecule has 0 aliphatic carbocycles. The van der Waals surface area contributed by atoms with Crippen LogP contribution in [0.25, 0.3) is 0 Å². The predicted molar refractivity (Wildman–Crippen MR) is 55.7 cm³/mol. The van der Waals surface area contributed by atoms with Gasteiger partial charge in [0.2, 0.25) is 5.13 Å². The van der Waals surface area contributed by atoms with Gasteiger partial charge in [0.1, 0.15) is 5.01 Å². The van der Waals surface area contributed by atoms with Crippen LogP contribution in [-0.4, -0.2) is 28.7 Å². The molecule has 0 radical (unpaired) electrons. The molecule has 1 fully saturated rings. The van der Waals surface area contributed by atoms with Gasteiger partial charge in [-0.3, -0.25) is 0 Å². The number of hydrogen-bond acceptors (Lipinski definition) is 4. The van der Waals surface area contributed by atoms with E-state index in [9.17, 15) is 0 Å². The van der Waals surface area contributed by atoms with Crippen molar-refractivity contribution in [2.45, 2.75) is 19.2 Å². The fourth-order valence-corrected chi connectivity index (χ4v) is 2.45. The second-order valence-corrected chi connectivity index (χ2v) is 5.22. The third-order valence-electron chi connectivity index (χ3n) is 2.31. The van der Waals surface area contributed by atoms with Crippen LogP contribution in [0.1, 0.15) is 11.9 Å². The minimum Gasteiger partial charge on any atom is -0.345 e. The summed E-state index contributed by atoms with van der Waals surface area (Å²) in [6, 6.07) is 0. The Morgan fingerprint density at radius 2 is 2.23 bits per heavy atom. The lowest BCUT2D eigenvalue weighted by atomic mass is 10.2. The van der Waals surface area contributed by atoms with Gasteiger partial charge in [-0.2, -0.15) is 0 Å². The van der Waals surface area contributed by atoms with E-state index in [0.29, 0.717) is 5.92 Å². The topological polar surface area (TPSA) is 29.0 Å². The molecular formula is C8H12ClN3S. The summed E-state index contributed by atoms with van der Waals surface area (Å²) in [6.07, 6.45) is 0. The molecule has 2 heterocycles. The summed E-state index contributed by atoms with van der Waals surface area (Å²) in [5, 5.41) is 10.4. The molecule has 1 saturated heterocycles. The number of alkyl halides is 1. The molecule has 13 heavy (non-hydrogen) atoms. The Morgan fingerprint density at radius 1 is 1.46 bits per heavy atom. The van der Waals surface area contributed by atoms with Crippen molar-refractivity contribution in [1.82, 2.24) is 10.2 Å². The van der Waals surface area contributed by atoms with Crippen molar-refractivity contribution in [2.75, 3.05) is 18.0 Å². The van der Waals surface area contributed by atoms with Crippen molar-refractivity contribution in [2.24, 2.45) is 5.92 Å². The van der Waals surface area contributed by atoms with Crippen LogP contribution in [0.5, 0.6) is 0 Å². The monoisotopic (exact) mass is 217 g/mol. The SMILES string of the molecule is Cc1nnc(N2CC(C)C(Cl)C2)s1. The highest BCUT2D eigenvalue weighted by molar-refractivity contribution is 7.15. The molecule has 2 unspecified atom stereocenters. The Hall–Kier alpha value is -0.350. The summed E-state index contributed by atoms with van der Waals surface area (Å²) < 4.78 is 0. The van der Waals surface area contributed by atoms with E-state index in [1.807, 2.05) is 6.92 Å². The number of hydrogen-bond donors (Lipinski definition) is 0. The Kier molecular flexibility index (Phi) is 2.43. The van der Waals surface area contributed by atoms with Gasteiger partial charge < -0.3 is 4.90 Å². The lowest BCUT2D eigenvalue weighted by Crippen LogP contribution is -2.19. The Morgan fingerprint density at radius 3 is 2.69 bits per heavy atom. The zero-order valence-electron chi connectivity index (χ0n) is 7.70. The number of nitrogens with zero attached hydrogens (tertiary/aromatic N) is 3. The maximum Gasteiger partial charge on any atom is 0.208 e. The number of rotatable bonds is 1. The summed E-state index contributed by atoms with van der Waals surface area (Å²) in [5.41, 5.74) is 0. The highest BCUT2D eigenvalue weighted by atomic mass is 35.5. The lowest BCUT2D eigenvalue weighted by Gasteiger charge is -2.11. The van der Waals surface area contributed by atoms with E-state index in [1.165, 1.54) is 0 Å². The van der Waals surface area contributed by atoms with Crippen LogP contribution in [0.15, 0.2) is 0 Å². The van der Waals surface area contributed by atoms with Crippen LogP contribution in [0, 0.1) is 12.8 Å². The van der Waals surface area contributed by atoms with E-state index in [0.717, 1.165) is 23.2 Å². The molecule has 1 aromatic heterocycles. The van der Waals surface area contributed by atoms with E-state index < -0.39 is 0 Å². The van der Waals surface area contributed by atoms with Gasteiger partial charge >= 0.3 is 0 Å². The quantitative estimate of drug-likeness (QED) is 0.673. The van der Waals surface area contributed by atoms with Crippen LogP contribution in [-0.2, 0) is 0 Å². The van der Waals surface area contributed by atoms with Crippen LogP contribution < -0.4 is 4.90 Å². The first-order chi connectivity index (χ1) is 6.16. The predicted octanol–water partition coefficient (Wildman–Crippen LogP) is 1.91. The second-order valence-electron chi connectivity index (χ2n) is 3.50. The molecule has 72 valence electrons. The van der Waals surface area contributed by atoms with Gasteiger partial charge in [0, 0.05) is 13.1 Å². The molecular weight excluding hydrogens is 206 g/mol. The minimum absolute atomic E-state index is 0.254. The largest absolute Gasteiger partial charge is 0.345 e. The second kappa shape index (κ2) is 3.42. The average molecular weight is 218 g/mol. The molecule has 2 rings (SSSR count). The number of halogens is 1. The van der Waals surface area contributed by atoms with Gasteiger partial charge in [-0.1, -0.05) is 18.3 Å². The maximum atomic E-state index is 6.13. The van der Waals surface area contributed by atoms with Crippen molar-refractivity contribution < 1.29 is 0 Å². The molecule has 3 nitrogen and oxygen atoms in total. The lowest BCUT2D eigenvalue weighted by molar-refractivity contribution is 0.666. The molecule has 1 aliphatic heterocycles. The van der Waals surface area contributed by atoms with Crippen molar-refractivity contribution in [3.8, 4) is 0 Å². The smallest absolute Gasteiger partial charge is 0.208 e. The van der Waals surface area contributed by atoms with Gasteiger partial charge in [0.05, 0.1) is 5.38 Å². The number of anilines is 1. The van der Waals surface area contributed by atoms with E-state index >= 15 is 0 Å². The summed E-state index contributed by atoms with van der Waals surface area (Å²) >= 11 is 7.76. The molecule has 5 heteroatoms. The minimum atomic E-state index is 0.254. The van der Waals surface area contributed by atoms with Crippen molar-refractivity contribution in [1.29, 1.82) is 0 Å². The third kappa shape index (κ3) is 1.79. The fraction of sp³-hybridized carbons (Fsp3) is 0.750. The van der Waals surface area contributed by atoms with Gasteiger partial charge in [-0.05, 0) is 12.8 Å². The van der Waals surface area contributed by atoms with Crippen molar-refractivity contribution in [3.05, 3.63) is 5.01 Å². The summed E-state index contributed by atoms with van der Waals surface area (Å²) in [6.45, 7) is 6.05. The molecule has 1 aliphatic rings. The summed E-state index contributed by atoms with van der Waals surface area (Å²) in [5.74, 6) is 0.547. The molecule has 0 spiro atoms. The normalized spacial score (nSPS) is 28.4. The molecule has 2 atom stereocenters. The molecule has 0 amide bonds. The molecule has 0 aromatic carbocycles. The molecule has 1 aromatic rings. The Labute approximate surface area is 86.7 Å². The summed E-state index contributed by atoms with van der Waals surface area (Å²) in [4.78, 5) is 2.22. The fourth-order valence-electron chi connectivity index (χ4n) is 1.50. The number of aryl methyl sites for hydroxylation is 1. The Bertz CT molecular complexity index is 291. The van der Waals surface area contributed by atoms with Gasteiger partial charge in [0.25, 0.3) is 0 Å². The highest BCUT2D eigenvalue weighted by Gasteiger charge is 2.29. The average Bonchev–Trinajstić information content (AvgIpc) is 2.61. The third-order valence-corrected chi connectivity index (χ3v) is 3.77. The van der Waals surface area contributed by atoms with Crippen LogP contribution in [0.4, 0.5) is 5.13 Å². The first kappa shape index (κ1) is 9.21. The van der Waals surface area contributed by atoms with E-state index in [4.69, 9.17) is 11.6 Å². The van der Waals surface area contributed by atoms with Gasteiger partial charge in [-0.25, -0.2) is 0 Å². The molecule has 0 bridgehead atoms. The first-order valence-electron chi connectivity index (χ1n) is 4.36. The Balaban J connectivity index is 2.11. The van der Waals surface area contributed by atoms with Crippen LogP contribution in [0.2, 0.25) is 0 Å². The first-order valence-corrected chi connectivity index (χ1v) is 5.61. The van der Waals surface area contributed by atoms with E-state index in [1.54, 1.807) is 11.3 Å². The van der Waals surface area contributed by atoms with Crippen LogP contribution in [0.3, 0.4) is 0 Å². The van der Waals surface area contributed by atoms with Gasteiger partial charge in [-0.15, -0.1) is 21.8 Å². The maximum absolute atomic E-state index is 6.13. The van der Waals surface area contributed by atoms with E-state index in [-0.39, 0.29) is 5.38 Å². The van der Waals surface area contributed by atoms with Crippen molar-refractivity contribution in [3.63, 3.8) is 0 Å². The van der Waals surface area contributed by atoms with Gasteiger partial charge in [0.15, 0.2) is 0 Å². The molecule has 0 saturated carbocycles. The van der Waals surface area contributed by atoms with Crippen LogP contribution >= 0.6 is 22.9 Å². The zero-order chi connectivity index (χ0) is 9.42.